The summed E-state index contributed by atoms with van der Waals surface area (Å²) in [7, 11) is 0. The molecule has 6 rings (SSSR count). The van der Waals surface area contributed by atoms with Gasteiger partial charge in [0.2, 0.25) is 11.8 Å². The SMILES string of the molecule is N#CCOc1ccccc1C1=NO[C@@H]2[C@H]3C[C@H]([C@H]4C(=O)N(c5ccc(F)c(Cl)c5)C(=O)[C@@H]34)[C@H]12. The van der Waals surface area contributed by atoms with E-state index in [9.17, 15) is 14.0 Å². The van der Waals surface area contributed by atoms with Crippen molar-refractivity contribution in [2.45, 2.75) is 12.5 Å². The number of rotatable bonds is 4. The Labute approximate surface area is 193 Å². The number of carbonyl (C=O) groups excluding carboxylic acids is 2. The molecule has 7 nitrogen and oxygen atoms in total. The van der Waals surface area contributed by atoms with Crippen molar-refractivity contribution < 1.29 is 23.6 Å². The van der Waals surface area contributed by atoms with Gasteiger partial charge in [-0.1, -0.05) is 28.9 Å². The van der Waals surface area contributed by atoms with Crippen LogP contribution in [0.2, 0.25) is 5.02 Å². The molecule has 2 saturated carbocycles. The monoisotopic (exact) mass is 465 g/mol. The molecule has 2 aliphatic heterocycles. The third-order valence-corrected chi connectivity index (χ3v) is 7.60. The van der Waals surface area contributed by atoms with Gasteiger partial charge in [0.1, 0.15) is 23.7 Å². The highest BCUT2D eigenvalue weighted by Gasteiger charge is 2.70. The van der Waals surface area contributed by atoms with Gasteiger partial charge in [0.15, 0.2) is 6.61 Å². The van der Waals surface area contributed by atoms with E-state index >= 15 is 0 Å². The van der Waals surface area contributed by atoms with E-state index in [0.717, 1.165) is 16.5 Å². The number of para-hydroxylation sites is 1. The second-order valence-corrected chi connectivity index (χ2v) is 9.15. The van der Waals surface area contributed by atoms with Crippen LogP contribution in [0.15, 0.2) is 47.6 Å². The molecule has 0 spiro atoms. The van der Waals surface area contributed by atoms with Crippen molar-refractivity contribution in [3.05, 3.63) is 58.9 Å². The van der Waals surface area contributed by atoms with Crippen LogP contribution >= 0.6 is 11.6 Å². The van der Waals surface area contributed by atoms with Crippen LogP contribution in [0.3, 0.4) is 0 Å². The van der Waals surface area contributed by atoms with Crippen LogP contribution in [0.25, 0.3) is 0 Å². The molecule has 4 aliphatic rings. The summed E-state index contributed by atoms with van der Waals surface area (Å²) in [5.74, 6) is -2.08. The molecule has 2 heterocycles. The molecule has 2 aliphatic carbocycles. The van der Waals surface area contributed by atoms with E-state index in [4.69, 9.17) is 26.4 Å². The maximum Gasteiger partial charge on any atom is 0.238 e. The van der Waals surface area contributed by atoms with Gasteiger partial charge in [-0.15, -0.1) is 0 Å². The summed E-state index contributed by atoms with van der Waals surface area (Å²) < 4.78 is 19.2. The Hall–Kier alpha value is -3.44. The zero-order valence-electron chi connectivity index (χ0n) is 17.2. The van der Waals surface area contributed by atoms with Gasteiger partial charge < -0.3 is 9.57 Å². The lowest BCUT2D eigenvalue weighted by Crippen LogP contribution is -2.41. The number of carbonyl (C=O) groups is 2. The third-order valence-electron chi connectivity index (χ3n) is 7.31. The Bertz CT molecular complexity index is 1270. The predicted octanol–water partition coefficient (Wildman–Crippen LogP) is 3.56. The molecule has 166 valence electrons. The van der Waals surface area contributed by atoms with Crippen LogP contribution in [-0.4, -0.2) is 30.2 Å². The maximum absolute atomic E-state index is 13.6. The van der Waals surface area contributed by atoms with Gasteiger partial charge in [-0.05, 0) is 42.7 Å². The average Bonchev–Trinajstić information content (AvgIpc) is 3.55. The first-order chi connectivity index (χ1) is 16.0. The number of nitriles is 1. The summed E-state index contributed by atoms with van der Waals surface area (Å²) in [6.07, 6.45) is 0.393. The number of fused-ring (bicyclic) bond motifs is 8. The lowest BCUT2D eigenvalue weighted by atomic mass is 9.71. The van der Waals surface area contributed by atoms with Gasteiger partial charge in [0.05, 0.1) is 28.3 Å². The number of hydrogen-bond donors (Lipinski definition) is 0. The van der Waals surface area contributed by atoms with Gasteiger partial charge in [-0.2, -0.15) is 5.26 Å². The van der Waals surface area contributed by atoms with Gasteiger partial charge >= 0.3 is 0 Å². The molecule has 2 aromatic carbocycles. The zero-order chi connectivity index (χ0) is 22.9. The lowest BCUT2D eigenvalue weighted by molar-refractivity contribution is -0.125. The van der Waals surface area contributed by atoms with Crippen molar-refractivity contribution in [2.75, 3.05) is 11.5 Å². The summed E-state index contributed by atoms with van der Waals surface area (Å²) >= 11 is 5.90. The van der Waals surface area contributed by atoms with Crippen LogP contribution < -0.4 is 9.64 Å². The van der Waals surface area contributed by atoms with Crippen LogP contribution in [0.5, 0.6) is 5.75 Å². The first kappa shape index (κ1) is 20.2. The van der Waals surface area contributed by atoms with Crippen molar-refractivity contribution in [3.8, 4) is 11.8 Å². The Morgan fingerprint density at radius 2 is 1.91 bits per heavy atom. The van der Waals surface area contributed by atoms with Crippen molar-refractivity contribution >= 4 is 34.8 Å². The van der Waals surface area contributed by atoms with Crippen LogP contribution in [0.4, 0.5) is 10.1 Å². The predicted molar refractivity (Wildman–Crippen MR) is 115 cm³/mol. The van der Waals surface area contributed by atoms with Gasteiger partial charge in [0, 0.05) is 17.4 Å². The first-order valence-corrected chi connectivity index (χ1v) is 11.0. The molecule has 0 radical (unpaired) electrons. The molecule has 0 unspecified atom stereocenters. The number of hydrogen-bond acceptors (Lipinski definition) is 6. The molecule has 33 heavy (non-hydrogen) atoms. The van der Waals surface area contributed by atoms with E-state index in [-0.39, 0.29) is 53.0 Å². The zero-order valence-corrected chi connectivity index (χ0v) is 17.9. The standard InChI is InChI=1S/C24H17ClFN3O4/c25-15-9-11(5-6-16(15)26)29-23(30)18-13-10-14(19(18)24(29)31)22-20(13)21(28-33-22)12-3-1-2-4-17(12)32-8-7-27/h1-6,9,13-14,18-20,22H,8,10H2/t13-,14+,18-,19+,20-,22-/m1/s1. The highest BCUT2D eigenvalue weighted by atomic mass is 35.5. The van der Waals surface area contributed by atoms with E-state index < -0.39 is 17.7 Å². The van der Waals surface area contributed by atoms with E-state index in [1.54, 1.807) is 6.07 Å². The molecular weight excluding hydrogens is 449 g/mol. The molecule has 9 heteroatoms. The fourth-order valence-corrected chi connectivity index (χ4v) is 6.32. The van der Waals surface area contributed by atoms with Crippen LogP contribution in [0.1, 0.15) is 12.0 Å². The fourth-order valence-electron chi connectivity index (χ4n) is 6.14. The largest absolute Gasteiger partial charge is 0.478 e. The number of amides is 2. The summed E-state index contributed by atoms with van der Waals surface area (Å²) in [5.41, 5.74) is 1.69. The van der Waals surface area contributed by atoms with Gasteiger partial charge in [0.25, 0.3) is 0 Å². The minimum Gasteiger partial charge on any atom is -0.478 e. The second kappa shape index (κ2) is 7.29. The normalized spacial score (nSPS) is 31.2. The van der Waals surface area contributed by atoms with E-state index in [1.807, 2.05) is 24.3 Å². The van der Waals surface area contributed by atoms with Crippen LogP contribution in [-0.2, 0) is 14.4 Å². The molecule has 0 aromatic heterocycles. The summed E-state index contributed by atoms with van der Waals surface area (Å²) in [5, 5.41) is 13.1. The van der Waals surface area contributed by atoms with Crippen molar-refractivity contribution in [3.63, 3.8) is 0 Å². The lowest BCUT2D eigenvalue weighted by Gasteiger charge is -2.30. The molecule has 0 N–H and O–H groups in total. The number of imide groups is 1. The Morgan fingerprint density at radius 1 is 1.15 bits per heavy atom. The number of ether oxygens (including phenoxy) is 1. The fraction of sp³-hybridized carbons (Fsp3) is 0.333. The number of benzene rings is 2. The van der Waals surface area contributed by atoms with Gasteiger partial charge in [-0.3, -0.25) is 9.59 Å². The Morgan fingerprint density at radius 3 is 2.67 bits per heavy atom. The summed E-state index contributed by atoms with van der Waals surface area (Å²) in [4.78, 5) is 33.7. The molecule has 6 atom stereocenters. The average molecular weight is 466 g/mol. The third kappa shape index (κ3) is 2.75. The second-order valence-electron chi connectivity index (χ2n) is 8.74. The topological polar surface area (TPSA) is 92.0 Å². The number of oxime groups is 1. The van der Waals surface area contributed by atoms with E-state index in [1.165, 1.54) is 12.1 Å². The van der Waals surface area contributed by atoms with Crippen molar-refractivity contribution in [1.82, 2.24) is 0 Å². The summed E-state index contributed by atoms with van der Waals surface area (Å²) in [6.45, 7) is -0.0990. The molecule has 1 saturated heterocycles. The van der Waals surface area contributed by atoms with Crippen molar-refractivity contribution in [1.29, 1.82) is 5.26 Å². The Balaban J connectivity index is 1.34. The minimum atomic E-state index is -0.610. The minimum absolute atomic E-state index is 0.0990. The molecule has 2 amide bonds. The van der Waals surface area contributed by atoms with E-state index in [0.29, 0.717) is 17.9 Å². The van der Waals surface area contributed by atoms with Crippen molar-refractivity contribution in [2.24, 2.45) is 34.7 Å². The molecule has 2 bridgehead atoms. The summed E-state index contributed by atoms with van der Waals surface area (Å²) in [6, 6.07) is 13.1. The number of anilines is 1. The smallest absolute Gasteiger partial charge is 0.238 e. The van der Waals surface area contributed by atoms with Crippen LogP contribution in [0, 0.1) is 46.7 Å². The van der Waals surface area contributed by atoms with Gasteiger partial charge in [-0.25, -0.2) is 9.29 Å². The highest BCUT2D eigenvalue weighted by molar-refractivity contribution is 6.31. The molecule has 2 aromatic rings. The van der Waals surface area contributed by atoms with E-state index in [2.05, 4.69) is 5.16 Å². The maximum atomic E-state index is 13.6. The quantitative estimate of drug-likeness (QED) is 0.644. The highest BCUT2D eigenvalue weighted by Crippen LogP contribution is 2.62. The molecule has 3 fully saturated rings. The Kier molecular flexibility index (Phi) is 4.46. The molecular formula is C24H17ClFN3O4. The number of nitrogens with zero attached hydrogens (tertiary/aromatic N) is 3. The number of halogens is 2. The first-order valence-electron chi connectivity index (χ1n) is 10.7.